The second-order valence-corrected chi connectivity index (χ2v) is 8.69. The van der Waals surface area contributed by atoms with Crippen LogP contribution in [0.1, 0.15) is 53.1 Å². The van der Waals surface area contributed by atoms with E-state index < -0.39 is 5.43 Å². The smallest absolute Gasteiger partial charge is 0.403 e. The minimum absolute atomic E-state index is 0.0126. The van der Waals surface area contributed by atoms with Crippen LogP contribution in [0.4, 0.5) is 10.5 Å². The Labute approximate surface area is 181 Å². The fourth-order valence-corrected chi connectivity index (χ4v) is 4.03. The fourth-order valence-electron chi connectivity index (χ4n) is 3.04. The van der Waals surface area contributed by atoms with Crippen LogP contribution in [0.25, 0.3) is 0 Å². The number of nitrogens with zero attached hydrogens (tertiary/aromatic N) is 1. The molecule has 1 N–H and O–H groups in total. The number of carbonyl (C=O) groups is 2. The van der Waals surface area contributed by atoms with Crippen molar-refractivity contribution in [3.8, 4) is 0 Å². The number of halogens is 1. The standard InChI is InChI=1S/C17H19NO2S.C5H9ClO2/c1-12-10-13(5-6-14(12)11-19)17(20)18-8-3-2-4-16-15(18)7-9-21-16;1-4(2)3-8-5(6)7/h5-7,9-10,19H,2-4,8,11H2,1H3;4H,3H2,1-2H3. The van der Waals surface area contributed by atoms with E-state index in [0.29, 0.717) is 18.1 Å². The maximum atomic E-state index is 12.8. The Morgan fingerprint density at radius 3 is 2.62 bits per heavy atom. The molecule has 1 aromatic heterocycles. The number of benzene rings is 1. The first kappa shape index (κ1) is 23.4. The fraction of sp³-hybridized carbons (Fsp3) is 0.455. The predicted molar refractivity (Wildman–Crippen MR) is 118 cm³/mol. The number of aryl methyl sites for hydroxylation is 2. The zero-order valence-electron chi connectivity index (χ0n) is 17.1. The zero-order chi connectivity index (χ0) is 21.4. The van der Waals surface area contributed by atoms with Crippen molar-refractivity contribution >= 4 is 40.0 Å². The van der Waals surface area contributed by atoms with Crippen molar-refractivity contribution in [2.75, 3.05) is 18.1 Å². The molecule has 1 amide bonds. The molecule has 29 heavy (non-hydrogen) atoms. The average molecular weight is 438 g/mol. The summed E-state index contributed by atoms with van der Waals surface area (Å²) in [7, 11) is 0. The summed E-state index contributed by atoms with van der Waals surface area (Å²) < 4.78 is 4.43. The lowest BCUT2D eigenvalue weighted by atomic mass is 10.0. The number of aliphatic hydroxyl groups excluding tert-OH is 1. The molecule has 2 aromatic rings. The van der Waals surface area contributed by atoms with Crippen molar-refractivity contribution in [1.82, 2.24) is 0 Å². The van der Waals surface area contributed by atoms with Crippen LogP contribution >= 0.6 is 22.9 Å². The highest BCUT2D eigenvalue weighted by atomic mass is 35.5. The van der Waals surface area contributed by atoms with Gasteiger partial charge in [0.1, 0.15) is 0 Å². The van der Waals surface area contributed by atoms with E-state index in [1.165, 1.54) is 4.88 Å². The molecule has 0 unspecified atom stereocenters. The Morgan fingerprint density at radius 1 is 1.28 bits per heavy atom. The Kier molecular flexibility index (Phi) is 9.14. The summed E-state index contributed by atoms with van der Waals surface area (Å²) in [4.78, 5) is 25.9. The molecule has 158 valence electrons. The van der Waals surface area contributed by atoms with Gasteiger partial charge in [-0.05, 0) is 66.8 Å². The lowest BCUT2D eigenvalue weighted by molar-refractivity contribution is 0.0986. The first-order chi connectivity index (χ1) is 13.8. The number of rotatable bonds is 4. The minimum Gasteiger partial charge on any atom is -0.453 e. The van der Waals surface area contributed by atoms with Crippen molar-refractivity contribution in [3.63, 3.8) is 0 Å². The Balaban J connectivity index is 0.000000321. The molecular weight excluding hydrogens is 410 g/mol. The largest absolute Gasteiger partial charge is 0.453 e. The Hall–Kier alpha value is -1.89. The van der Waals surface area contributed by atoms with Gasteiger partial charge in [0, 0.05) is 28.6 Å². The number of hydrogen-bond acceptors (Lipinski definition) is 5. The van der Waals surface area contributed by atoms with Crippen LogP contribution in [-0.4, -0.2) is 29.6 Å². The van der Waals surface area contributed by atoms with Gasteiger partial charge in [0.15, 0.2) is 0 Å². The van der Waals surface area contributed by atoms with Gasteiger partial charge in [-0.15, -0.1) is 11.3 Å². The van der Waals surface area contributed by atoms with E-state index in [2.05, 4.69) is 16.2 Å². The van der Waals surface area contributed by atoms with Crippen molar-refractivity contribution in [1.29, 1.82) is 0 Å². The highest BCUT2D eigenvalue weighted by Gasteiger charge is 2.23. The van der Waals surface area contributed by atoms with Gasteiger partial charge in [-0.3, -0.25) is 4.79 Å². The molecule has 2 heterocycles. The molecular formula is C22H28ClNO4S. The maximum absolute atomic E-state index is 12.8. The first-order valence-electron chi connectivity index (χ1n) is 9.74. The van der Waals surface area contributed by atoms with Gasteiger partial charge in [-0.1, -0.05) is 19.9 Å². The lowest BCUT2D eigenvalue weighted by Gasteiger charge is -2.21. The van der Waals surface area contributed by atoms with Crippen LogP contribution in [0, 0.1) is 12.8 Å². The number of ether oxygens (including phenoxy) is 1. The van der Waals surface area contributed by atoms with Crippen LogP contribution in [0.3, 0.4) is 0 Å². The summed E-state index contributed by atoms with van der Waals surface area (Å²) in [6.07, 6.45) is 3.25. The molecule has 0 saturated carbocycles. The number of carbonyl (C=O) groups excluding carboxylic acids is 2. The van der Waals surface area contributed by atoms with Crippen LogP contribution in [0.15, 0.2) is 29.6 Å². The van der Waals surface area contributed by atoms with E-state index in [1.807, 2.05) is 43.9 Å². The summed E-state index contributed by atoms with van der Waals surface area (Å²) >= 11 is 6.60. The highest BCUT2D eigenvalue weighted by Crippen LogP contribution is 2.32. The van der Waals surface area contributed by atoms with Gasteiger partial charge < -0.3 is 14.7 Å². The van der Waals surface area contributed by atoms with Crippen LogP contribution < -0.4 is 4.90 Å². The van der Waals surface area contributed by atoms with E-state index in [9.17, 15) is 14.7 Å². The third kappa shape index (κ3) is 6.84. The molecule has 0 spiro atoms. The van der Waals surface area contributed by atoms with Gasteiger partial charge >= 0.3 is 5.43 Å². The molecule has 5 nitrogen and oxygen atoms in total. The first-order valence-corrected chi connectivity index (χ1v) is 11.0. The topological polar surface area (TPSA) is 66.8 Å². The van der Waals surface area contributed by atoms with Gasteiger partial charge in [-0.2, -0.15) is 0 Å². The third-order valence-corrected chi connectivity index (χ3v) is 5.66. The zero-order valence-corrected chi connectivity index (χ0v) is 18.7. The molecule has 3 rings (SSSR count). The molecule has 0 aliphatic carbocycles. The monoisotopic (exact) mass is 437 g/mol. The molecule has 1 aliphatic rings. The number of thiophene rings is 1. The Morgan fingerprint density at radius 2 is 2.03 bits per heavy atom. The van der Waals surface area contributed by atoms with E-state index in [4.69, 9.17) is 11.6 Å². The quantitative estimate of drug-likeness (QED) is 0.636. The van der Waals surface area contributed by atoms with E-state index in [0.717, 1.165) is 42.6 Å². The SMILES string of the molecule is CC(C)COC(=O)Cl.Cc1cc(C(=O)N2CCCCc3sccc32)ccc1CO. The van der Waals surface area contributed by atoms with Gasteiger partial charge in [-0.25, -0.2) is 4.79 Å². The highest BCUT2D eigenvalue weighted by molar-refractivity contribution is 7.10. The van der Waals surface area contributed by atoms with Crippen LogP contribution in [0.5, 0.6) is 0 Å². The van der Waals surface area contributed by atoms with Gasteiger partial charge in [0.25, 0.3) is 5.91 Å². The summed E-state index contributed by atoms with van der Waals surface area (Å²) in [6.45, 7) is 7.02. The van der Waals surface area contributed by atoms with Crippen molar-refractivity contribution in [3.05, 3.63) is 51.2 Å². The van der Waals surface area contributed by atoms with E-state index in [1.54, 1.807) is 11.3 Å². The summed E-state index contributed by atoms with van der Waals surface area (Å²) in [6, 6.07) is 7.59. The molecule has 0 atom stereocenters. The third-order valence-electron chi connectivity index (χ3n) is 4.58. The van der Waals surface area contributed by atoms with Crippen molar-refractivity contribution in [2.45, 2.75) is 46.6 Å². The van der Waals surface area contributed by atoms with E-state index in [-0.39, 0.29) is 12.5 Å². The average Bonchev–Trinajstić information content (AvgIpc) is 3.05. The number of hydrogen-bond donors (Lipinski definition) is 1. The molecule has 0 saturated heterocycles. The molecule has 1 aromatic carbocycles. The van der Waals surface area contributed by atoms with Crippen LogP contribution in [0.2, 0.25) is 0 Å². The van der Waals surface area contributed by atoms with Crippen molar-refractivity contribution in [2.24, 2.45) is 5.92 Å². The van der Waals surface area contributed by atoms with Crippen molar-refractivity contribution < 1.29 is 19.4 Å². The minimum atomic E-state index is -0.723. The predicted octanol–water partition coefficient (Wildman–Crippen LogP) is 5.55. The summed E-state index contributed by atoms with van der Waals surface area (Å²) in [5.41, 5.74) is 2.89. The summed E-state index contributed by atoms with van der Waals surface area (Å²) in [5.74, 6) is 0.418. The molecule has 0 radical (unpaired) electrons. The molecule has 0 fully saturated rings. The van der Waals surface area contributed by atoms with E-state index >= 15 is 0 Å². The second kappa shape index (κ2) is 11.3. The maximum Gasteiger partial charge on any atom is 0.403 e. The lowest BCUT2D eigenvalue weighted by Crippen LogP contribution is -2.31. The number of anilines is 1. The van der Waals surface area contributed by atoms with Gasteiger partial charge in [0.2, 0.25) is 0 Å². The van der Waals surface area contributed by atoms with Crippen LogP contribution in [-0.2, 0) is 17.8 Å². The summed E-state index contributed by atoms with van der Waals surface area (Å²) in [5, 5.41) is 11.3. The molecule has 1 aliphatic heterocycles. The normalized spacial score (nSPS) is 13.2. The second-order valence-electron chi connectivity index (χ2n) is 7.38. The van der Waals surface area contributed by atoms with Gasteiger partial charge in [0.05, 0.1) is 18.9 Å². The molecule has 0 bridgehead atoms. The number of amides is 1. The Bertz CT molecular complexity index is 834. The number of aliphatic hydroxyl groups is 1. The number of fused-ring (bicyclic) bond motifs is 1. The molecule has 7 heteroatoms.